The molecular formula is C26H29Cl2N3O5S. The molecule has 0 saturated carbocycles. The number of ether oxygens (including phenoxy) is 3. The Labute approximate surface area is 227 Å². The molecule has 3 aromatic rings. The number of likely N-dealkylation sites (N-methyl/N-ethyl adjacent to an activating group) is 1. The SMILES string of the molecule is Cc1c(Cl)cccc1S(=O)(=O)Nc1ncc2c(c1OCc1ccc(Cl)c(OCCN(C)C)c1)OCCC2. The summed E-state index contributed by atoms with van der Waals surface area (Å²) in [7, 11) is -0.0747. The standard InChI is InChI=1S/C26H29Cl2N3O5S/c1-17-20(27)7-4-8-23(17)37(32,33)30-26-25(24-19(15-29-26)6-5-12-35-24)36-16-18-9-10-21(28)22(14-18)34-13-11-31(2)3/h4,7-10,14-15H,5-6,11-13,16H2,1-3H3,(H,29,30). The third-order valence-corrected chi connectivity index (χ3v) is 8.02. The van der Waals surface area contributed by atoms with Gasteiger partial charge in [-0.25, -0.2) is 13.4 Å². The second kappa shape index (κ2) is 11.8. The molecule has 0 amide bonds. The Morgan fingerprint density at radius 3 is 2.73 bits per heavy atom. The minimum absolute atomic E-state index is 0.0384. The number of anilines is 1. The molecule has 0 unspecified atom stereocenters. The summed E-state index contributed by atoms with van der Waals surface area (Å²) in [6.07, 6.45) is 3.21. The molecule has 0 spiro atoms. The zero-order chi connectivity index (χ0) is 26.6. The maximum atomic E-state index is 13.3. The van der Waals surface area contributed by atoms with E-state index in [-0.39, 0.29) is 23.1 Å². The van der Waals surface area contributed by atoms with E-state index in [1.54, 1.807) is 37.4 Å². The number of rotatable bonds is 10. The number of sulfonamides is 1. The normalized spacial score (nSPS) is 13.1. The fourth-order valence-electron chi connectivity index (χ4n) is 3.80. The van der Waals surface area contributed by atoms with E-state index < -0.39 is 10.0 Å². The Morgan fingerprint density at radius 2 is 1.95 bits per heavy atom. The first-order valence-electron chi connectivity index (χ1n) is 11.8. The highest BCUT2D eigenvalue weighted by Gasteiger charge is 2.26. The molecule has 1 N–H and O–H groups in total. The summed E-state index contributed by atoms with van der Waals surface area (Å²) in [5.41, 5.74) is 2.08. The number of aryl methyl sites for hydroxylation is 1. The van der Waals surface area contributed by atoms with E-state index in [1.807, 2.05) is 25.1 Å². The Balaban J connectivity index is 1.61. The Bertz CT molecular complexity index is 1380. The van der Waals surface area contributed by atoms with Crippen molar-refractivity contribution in [3.63, 3.8) is 0 Å². The van der Waals surface area contributed by atoms with Crippen LogP contribution in [0.5, 0.6) is 17.2 Å². The second-order valence-corrected chi connectivity index (χ2v) is 11.4. The number of halogens is 2. The lowest BCUT2D eigenvalue weighted by Crippen LogP contribution is -2.19. The van der Waals surface area contributed by atoms with Gasteiger partial charge >= 0.3 is 0 Å². The van der Waals surface area contributed by atoms with Crippen molar-refractivity contribution in [2.75, 3.05) is 38.6 Å². The van der Waals surface area contributed by atoms with Gasteiger partial charge in [0.15, 0.2) is 11.6 Å². The highest BCUT2D eigenvalue weighted by Crippen LogP contribution is 2.41. The second-order valence-electron chi connectivity index (χ2n) is 8.92. The minimum Gasteiger partial charge on any atom is -0.491 e. The van der Waals surface area contributed by atoms with Crippen LogP contribution in [0.1, 0.15) is 23.1 Å². The fraction of sp³-hybridized carbons (Fsp3) is 0.346. The average Bonchev–Trinajstić information content (AvgIpc) is 2.86. The van der Waals surface area contributed by atoms with Crippen molar-refractivity contribution >= 4 is 39.0 Å². The summed E-state index contributed by atoms with van der Waals surface area (Å²) in [6, 6.07) is 10.1. The van der Waals surface area contributed by atoms with Crippen molar-refractivity contribution in [2.24, 2.45) is 0 Å². The molecule has 1 aliphatic heterocycles. The van der Waals surface area contributed by atoms with Crippen LogP contribution in [-0.2, 0) is 23.1 Å². The van der Waals surface area contributed by atoms with Gasteiger partial charge in [0, 0.05) is 23.3 Å². The van der Waals surface area contributed by atoms with Gasteiger partial charge < -0.3 is 19.1 Å². The number of hydrogen-bond acceptors (Lipinski definition) is 7. The molecule has 37 heavy (non-hydrogen) atoms. The molecule has 11 heteroatoms. The summed E-state index contributed by atoms with van der Waals surface area (Å²) >= 11 is 12.5. The predicted molar refractivity (Wildman–Crippen MR) is 145 cm³/mol. The van der Waals surface area contributed by atoms with Crippen molar-refractivity contribution in [1.82, 2.24) is 9.88 Å². The third-order valence-electron chi connectivity index (χ3n) is 5.81. The lowest BCUT2D eigenvalue weighted by molar-refractivity contribution is 0.245. The van der Waals surface area contributed by atoms with Crippen molar-refractivity contribution in [2.45, 2.75) is 31.3 Å². The highest BCUT2D eigenvalue weighted by molar-refractivity contribution is 7.92. The predicted octanol–water partition coefficient (Wildman–Crippen LogP) is 5.34. The quantitative estimate of drug-likeness (QED) is 0.354. The van der Waals surface area contributed by atoms with Crippen LogP contribution in [0.2, 0.25) is 10.0 Å². The summed E-state index contributed by atoms with van der Waals surface area (Å²) in [4.78, 5) is 6.45. The van der Waals surface area contributed by atoms with Crippen LogP contribution in [0.25, 0.3) is 0 Å². The molecule has 0 radical (unpaired) electrons. The van der Waals surface area contributed by atoms with E-state index in [1.165, 1.54) is 6.07 Å². The zero-order valence-corrected chi connectivity index (χ0v) is 23.2. The van der Waals surface area contributed by atoms with Gasteiger partial charge in [-0.3, -0.25) is 4.72 Å². The van der Waals surface area contributed by atoms with Crippen LogP contribution < -0.4 is 18.9 Å². The number of fused-ring (bicyclic) bond motifs is 1. The van der Waals surface area contributed by atoms with Gasteiger partial charge in [-0.05, 0) is 69.3 Å². The van der Waals surface area contributed by atoms with Gasteiger partial charge in [-0.15, -0.1) is 0 Å². The number of pyridine rings is 1. The van der Waals surface area contributed by atoms with E-state index in [4.69, 9.17) is 37.4 Å². The molecule has 4 rings (SSSR count). The van der Waals surface area contributed by atoms with E-state index in [0.717, 1.165) is 30.5 Å². The number of nitrogens with one attached hydrogen (secondary N) is 1. The van der Waals surface area contributed by atoms with E-state index in [0.29, 0.717) is 40.3 Å². The van der Waals surface area contributed by atoms with E-state index in [2.05, 4.69) is 9.71 Å². The monoisotopic (exact) mass is 565 g/mol. The Hall–Kier alpha value is -2.72. The summed E-state index contributed by atoms with van der Waals surface area (Å²) in [5.74, 6) is 1.30. The first-order valence-corrected chi connectivity index (χ1v) is 14.0. The topological polar surface area (TPSA) is 90.0 Å². The van der Waals surface area contributed by atoms with Crippen molar-refractivity contribution < 1.29 is 22.6 Å². The van der Waals surface area contributed by atoms with Gasteiger partial charge in [0.05, 0.1) is 16.5 Å². The van der Waals surface area contributed by atoms with Crippen molar-refractivity contribution in [3.8, 4) is 17.2 Å². The van der Waals surface area contributed by atoms with Crippen molar-refractivity contribution in [1.29, 1.82) is 0 Å². The number of hydrogen-bond donors (Lipinski definition) is 1. The lowest BCUT2D eigenvalue weighted by Gasteiger charge is -2.22. The molecule has 1 aromatic heterocycles. The number of benzene rings is 2. The molecule has 0 saturated heterocycles. The van der Waals surface area contributed by atoms with Crippen LogP contribution >= 0.6 is 23.2 Å². The molecular weight excluding hydrogens is 537 g/mol. The Kier molecular flexibility index (Phi) is 8.69. The first kappa shape index (κ1) is 27.3. The van der Waals surface area contributed by atoms with E-state index >= 15 is 0 Å². The van der Waals surface area contributed by atoms with Gasteiger partial charge in [0.1, 0.15) is 19.0 Å². The third kappa shape index (κ3) is 6.59. The molecule has 8 nitrogen and oxygen atoms in total. The molecule has 2 heterocycles. The fourth-order valence-corrected chi connectivity index (χ4v) is 5.48. The molecule has 0 fully saturated rings. The van der Waals surface area contributed by atoms with Crippen LogP contribution in [0.3, 0.4) is 0 Å². The maximum absolute atomic E-state index is 13.3. The molecule has 0 bridgehead atoms. The summed E-state index contributed by atoms with van der Waals surface area (Å²) in [6.45, 7) is 3.49. The molecule has 0 aliphatic carbocycles. The van der Waals surface area contributed by atoms with Gasteiger partial charge in [0.25, 0.3) is 10.0 Å². The zero-order valence-electron chi connectivity index (χ0n) is 20.9. The highest BCUT2D eigenvalue weighted by atomic mass is 35.5. The molecule has 2 aromatic carbocycles. The first-order chi connectivity index (χ1) is 17.7. The maximum Gasteiger partial charge on any atom is 0.263 e. The molecule has 1 aliphatic rings. The van der Waals surface area contributed by atoms with Crippen LogP contribution in [0.15, 0.2) is 47.5 Å². The summed E-state index contributed by atoms with van der Waals surface area (Å²) < 4.78 is 46.9. The van der Waals surface area contributed by atoms with Gasteiger partial charge in [-0.2, -0.15) is 0 Å². The van der Waals surface area contributed by atoms with Gasteiger partial charge in [-0.1, -0.05) is 35.3 Å². The largest absolute Gasteiger partial charge is 0.491 e. The van der Waals surface area contributed by atoms with Crippen LogP contribution in [0.4, 0.5) is 5.82 Å². The van der Waals surface area contributed by atoms with Crippen molar-refractivity contribution in [3.05, 3.63) is 69.3 Å². The van der Waals surface area contributed by atoms with Crippen LogP contribution in [-0.4, -0.2) is 52.2 Å². The van der Waals surface area contributed by atoms with E-state index in [9.17, 15) is 8.42 Å². The lowest BCUT2D eigenvalue weighted by atomic mass is 10.1. The minimum atomic E-state index is -4.00. The smallest absolute Gasteiger partial charge is 0.263 e. The van der Waals surface area contributed by atoms with Gasteiger partial charge in [0.2, 0.25) is 5.75 Å². The average molecular weight is 567 g/mol. The number of aromatic nitrogens is 1. The molecule has 198 valence electrons. The molecule has 0 atom stereocenters. The summed E-state index contributed by atoms with van der Waals surface area (Å²) in [5, 5.41) is 0.849. The van der Waals surface area contributed by atoms with Crippen LogP contribution in [0, 0.1) is 6.92 Å². The Morgan fingerprint density at radius 1 is 1.14 bits per heavy atom. The number of nitrogens with zero attached hydrogens (tertiary/aromatic N) is 2.